The summed E-state index contributed by atoms with van der Waals surface area (Å²) in [6, 6.07) is 5.43. The van der Waals surface area contributed by atoms with Crippen molar-refractivity contribution >= 4 is 17.6 Å². The fraction of sp³-hybridized carbons (Fsp3) is 0.308. The molecule has 0 aliphatic rings. The molecule has 2 heterocycles. The van der Waals surface area contributed by atoms with Crippen molar-refractivity contribution in [2.24, 2.45) is 0 Å². The van der Waals surface area contributed by atoms with Crippen LogP contribution in [0, 0.1) is 6.92 Å². The molecular formula is C13H15F3N6. The molecular weight excluding hydrogens is 297 g/mol. The molecule has 2 aromatic heterocycles. The fourth-order valence-electron chi connectivity index (χ4n) is 1.75. The summed E-state index contributed by atoms with van der Waals surface area (Å²) < 4.78 is 37.6. The number of hydrogen-bond donors (Lipinski definition) is 3. The predicted octanol–water partition coefficient (Wildman–Crippen LogP) is 2.31. The van der Waals surface area contributed by atoms with Gasteiger partial charge in [0.25, 0.3) is 0 Å². The molecule has 0 aliphatic heterocycles. The third-order valence-corrected chi connectivity index (χ3v) is 2.65. The number of nitrogens with two attached hydrogens (primary N) is 1. The second-order valence-electron chi connectivity index (χ2n) is 4.51. The molecule has 0 unspecified atom stereocenters. The molecule has 0 saturated heterocycles. The van der Waals surface area contributed by atoms with E-state index in [0.717, 1.165) is 11.8 Å². The van der Waals surface area contributed by atoms with Crippen LogP contribution in [-0.2, 0) is 6.18 Å². The lowest BCUT2D eigenvalue weighted by molar-refractivity contribution is -0.141. The van der Waals surface area contributed by atoms with Crippen molar-refractivity contribution in [3.8, 4) is 0 Å². The van der Waals surface area contributed by atoms with Crippen LogP contribution in [-0.4, -0.2) is 28.0 Å². The standard InChI is InChI=1S/C13H15F3N6/c1-8-7-11(22-12(17)20-8)19-6-5-18-10-4-2-3-9(21-10)13(14,15)16/h2-4,7H,5-6H2,1H3,(H,18,21)(H3,17,19,20,22). The molecule has 0 atom stereocenters. The van der Waals surface area contributed by atoms with Crippen LogP contribution in [0.15, 0.2) is 24.3 Å². The highest BCUT2D eigenvalue weighted by atomic mass is 19.4. The summed E-state index contributed by atoms with van der Waals surface area (Å²) in [7, 11) is 0. The summed E-state index contributed by atoms with van der Waals surface area (Å²) in [4.78, 5) is 11.4. The van der Waals surface area contributed by atoms with Gasteiger partial charge in [0.1, 0.15) is 17.3 Å². The van der Waals surface area contributed by atoms with Crippen LogP contribution < -0.4 is 16.4 Å². The van der Waals surface area contributed by atoms with Gasteiger partial charge in [-0.25, -0.2) is 9.97 Å². The normalized spacial score (nSPS) is 11.3. The van der Waals surface area contributed by atoms with Gasteiger partial charge >= 0.3 is 6.18 Å². The van der Waals surface area contributed by atoms with E-state index in [1.165, 1.54) is 12.1 Å². The molecule has 0 saturated carbocycles. The molecule has 4 N–H and O–H groups in total. The van der Waals surface area contributed by atoms with Gasteiger partial charge < -0.3 is 16.4 Å². The number of nitrogens with zero attached hydrogens (tertiary/aromatic N) is 3. The number of aromatic nitrogens is 3. The number of pyridine rings is 1. The van der Waals surface area contributed by atoms with E-state index in [4.69, 9.17) is 5.73 Å². The van der Waals surface area contributed by atoms with Crippen molar-refractivity contribution in [2.75, 3.05) is 29.5 Å². The summed E-state index contributed by atoms with van der Waals surface area (Å²) >= 11 is 0. The first-order valence-corrected chi connectivity index (χ1v) is 6.48. The lowest BCUT2D eigenvalue weighted by Gasteiger charge is -2.10. The van der Waals surface area contributed by atoms with Gasteiger partial charge in [-0.2, -0.15) is 18.2 Å². The topological polar surface area (TPSA) is 88.8 Å². The Hall–Kier alpha value is -2.58. The molecule has 0 amide bonds. The maximum atomic E-state index is 12.5. The van der Waals surface area contributed by atoms with Crippen LogP contribution in [0.1, 0.15) is 11.4 Å². The molecule has 6 nitrogen and oxygen atoms in total. The van der Waals surface area contributed by atoms with Crippen molar-refractivity contribution in [1.29, 1.82) is 0 Å². The predicted molar refractivity (Wildman–Crippen MR) is 77.4 cm³/mol. The maximum absolute atomic E-state index is 12.5. The number of anilines is 3. The molecule has 0 bridgehead atoms. The van der Waals surface area contributed by atoms with Crippen LogP contribution in [0.25, 0.3) is 0 Å². The number of hydrogen-bond acceptors (Lipinski definition) is 6. The fourth-order valence-corrected chi connectivity index (χ4v) is 1.75. The van der Waals surface area contributed by atoms with E-state index in [1.54, 1.807) is 13.0 Å². The summed E-state index contributed by atoms with van der Waals surface area (Å²) in [5, 5.41) is 5.81. The largest absolute Gasteiger partial charge is 0.433 e. The van der Waals surface area contributed by atoms with Crippen molar-refractivity contribution in [2.45, 2.75) is 13.1 Å². The minimum atomic E-state index is -4.45. The van der Waals surface area contributed by atoms with Crippen LogP contribution in [0.4, 0.5) is 30.8 Å². The minimum absolute atomic E-state index is 0.162. The first-order chi connectivity index (χ1) is 10.3. The van der Waals surface area contributed by atoms with E-state index in [1.807, 2.05) is 0 Å². The van der Waals surface area contributed by atoms with Crippen LogP contribution in [0.5, 0.6) is 0 Å². The molecule has 0 aromatic carbocycles. The highest BCUT2D eigenvalue weighted by molar-refractivity contribution is 5.41. The molecule has 9 heteroatoms. The Kier molecular flexibility index (Phi) is 4.64. The zero-order chi connectivity index (χ0) is 16.2. The third kappa shape index (κ3) is 4.47. The Balaban J connectivity index is 1.86. The maximum Gasteiger partial charge on any atom is 0.433 e. The third-order valence-electron chi connectivity index (χ3n) is 2.65. The van der Waals surface area contributed by atoms with E-state index in [-0.39, 0.29) is 11.8 Å². The van der Waals surface area contributed by atoms with Crippen LogP contribution in [0.3, 0.4) is 0 Å². The van der Waals surface area contributed by atoms with Crippen LogP contribution >= 0.6 is 0 Å². The molecule has 118 valence electrons. The van der Waals surface area contributed by atoms with E-state index in [2.05, 4.69) is 25.6 Å². The van der Waals surface area contributed by atoms with Gasteiger partial charge in [0.05, 0.1) is 0 Å². The Bertz CT molecular complexity index is 624. The molecule has 0 radical (unpaired) electrons. The number of nitrogen functional groups attached to an aromatic ring is 1. The number of halogens is 3. The number of aryl methyl sites for hydroxylation is 1. The second kappa shape index (κ2) is 6.46. The second-order valence-corrected chi connectivity index (χ2v) is 4.51. The molecule has 2 rings (SSSR count). The van der Waals surface area contributed by atoms with Crippen molar-refractivity contribution < 1.29 is 13.2 Å². The average molecular weight is 312 g/mol. The van der Waals surface area contributed by atoms with Crippen molar-refractivity contribution in [1.82, 2.24) is 15.0 Å². The first-order valence-electron chi connectivity index (χ1n) is 6.48. The first kappa shape index (κ1) is 15.8. The Morgan fingerprint density at radius 1 is 1.05 bits per heavy atom. The van der Waals surface area contributed by atoms with E-state index >= 15 is 0 Å². The summed E-state index contributed by atoms with van der Waals surface area (Å²) in [5.41, 5.74) is 5.32. The summed E-state index contributed by atoms with van der Waals surface area (Å²) in [6.07, 6.45) is -4.45. The van der Waals surface area contributed by atoms with Crippen LogP contribution in [0.2, 0.25) is 0 Å². The smallest absolute Gasteiger partial charge is 0.368 e. The number of alkyl halides is 3. The average Bonchev–Trinajstić information content (AvgIpc) is 2.42. The van der Waals surface area contributed by atoms with Gasteiger partial charge in [0.15, 0.2) is 0 Å². The highest BCUT2D eigenvalue weighted by Gasteiger charge is 2.32. The zero-order valence-electron chi connectivity index (χ0n) is 11.8. The van der Waals surface area contributed by atoms with Gasteiger partial charge in [-0.1, -0.05) is 6.07 Å². The molecule has 2 aromatic rings. The molecule has 22 heavy (non-hydrogen) atoms. The SMILES string of the molecule is Cc1cc(NCCNc2cccc(C(F)(F)F)n2)nc(N)n1. The zero-order valence-corrected chi connectivity index (χ0v) is 11.8. The summed E-state index contributed by atoms with van der Waals surface area (Å²) in [6.45, 7) is 2.60. The van der Waals surface area contributed by atoms with E-state index in [0.29, 0.717) is 18.9 Å². The molecule has 0 aliphatic carbocycles. The van der Waals surface area contributed by atoms with Crippen molar-refractivity contribution in [3.63, 3.8) is 0 Å². The quantitative estimate of drug-likeness (QED) is 0.734. The number of rotatable bonds is 5. The van der Waals surface area contributed by atoms with Gasteiger partial charge in [-0.3, -0.25) is 0 Å². The Morgan fingerprint density at radius 3 is 2.36 bits per heavy atom. The highest BCUT2D eigenvalue weighted by Crippen LogP contribution is 2.28. The molecule has 0 fully saturated rings. The lowest BCUT2D eigenvalue weighted by Crippen LogP contribution is -2.16. The monoisotopic (exact) mass is 312 g/mol. The van der Waals surface area contributed by atoms with Crippen molar-refractivity contribution in [3.05, 3.63) is 35.7 Å². The molecule has 0 spiro atoms. The lowest BCUT2D eigenvalue weighted by atomic mass is 10.3. The van der Waals surface area contributed by atoms with Gasteiger partial charge in [-0.15, -0.1) is 0 Å². The van der Waals surface area contributed by atoms with E-state index < -0.39 is 11.9 Å². The number of nitrogens with one attached hydrogen (secondary N) is 2. The van der Waals surface area contributed by atoms with E-state index in [9.17, 15) is 13.2 Å². The van der Waals surface area contributed by atoms with Gasteiger partial charge in [0, 0.05) is 24.8 Å². The van der Waals surface area contributed by atoms with Gasteiger partial charge in [0.2, 0.25) is 5.95 Å². The minimum Gasteiger partial charge on any atom is -0.368 e. The van der Waals surface area contributed by atoms with Gasteiger partial charge in [-0.05, 0) is 19.1 Å². The summed E-state index contributed by atoms with van der Waals surface area (Å²) in [5.74, 6) is 0.883. The Morgan fingerprint density at radius 2 is 1.73 bits per heavy atom. The Labute approximate surface area is 125 Å².